The lowest BCUT2D eigenvalue weighted by Crippen LogP contribution is -2.38. The van der Waals surface area contributed by atoms with Crippen molar-refractivity contribution in [3.05, 3.63) is 189 Å². The van der Waals surface area contributed by atoms with Crippen molar-refractivity contribution in [2.24, 2.45) is 0 Å². The Kier molecular flexibility index (Phi) is 6.86. The zero-order chi connectivity index (χ0) is 31.3. The van der Waals surface area contributed by atoms with Crippen LogP contribution in [0.2, 0.25) is 5.02 Å². The molecule has 226 valence electrons. The van der Waals surface area contributed by atoms with E-state index in [1.54, 1.807) is 0 Å². The Morgan fingerprint density at radius 1 is 0.652 bits per heavy atom. The lowest BCUT2D eigenvalue weighted by molar-refractivity contribution is 0.0200. The highest BCUT2D eigenvalue weighted by atomic mass is 35.5. The highest BCUT2D eigenvalue weighted by molar-refractivity contribution is 6.31. The second kappa shape index (κ2) is 11.1. The molecular weight excluding hydrogens is 588 g/mol. The molecule has 2 unspecified atom stereocenters. The Morgan fingerprint density at radius 3 is 2.02 bits per heavy atom. The molecule has 1 spiro atoms. The second-order valence-corrected chi connectivity index (χ2v) is 12.4. The minimum absolute atomic E-state index is 0.528. The number of nitrogens with one attached hydrogen (secondary N) is 2. The summed E-state index contributed by atoms with van der Waals surface area (Å²) in [6.07, 6.45) is 0. The van der Waals surface area contributed by atoms with Crippen LogP contribution in [0.3, 0.4) is 0 Å². The Morgan fingerprint density at radius 2 is 1.28 bits per heavy atom. The number of aryl methyl sites for hydroxylation is 1. The van der Waals surface area contributed by atoms with E-state index >= 15 is 0 Å². The van der Waals surface area contributed by atoms with Crippen molar-refractivity contribution in [2.75, 3.05) is 17.7 Å². The van der Waals surface area contributed by atoms with Gasteiger partial charge in [0.15, 0.2) is 5.60 Å². The number of fused-ring (bicyclic) bond motifs is 6. The molecule has 0 saturated carbocycles. The minimum Gasteiger partial charge on any atom is -0.456 e. The van der Waals surface area contributed by atoms with Crippen molar-refractivity contribution in [3.8, 4) is 11.5 Å². The van der Waals surface area contributed by atoms with Crippen LogP contribution in [-0.2, 0) is 22.5 Å². The Labute approximate surface area is 274 Å². The summed E-state index contributed by atoms with van der Waals surface area (Å²) in [5.74, 6) is 1.51. The Bertz CT molecular complexity index is 2080. The van der Waals surface area contributed by atoms with Crippen LogP contribution < -0.4 is 15.4 Å². The molecule has 8 rings (SSSR count). The summed E-state index contributed by atoms with van der Waals surface area (Å²) in [6, 6.07) is 48.3. The number of benzene rings is 6. The topological polar surface area (TPSA) is 42.5 Å². The molecule has 0 fully saturated rings. The Hall–Kier alpha value is -5.03. The summed E-state index contributed by atoms with van der Waals surface area (Å²) in [7, 11) is 1.92. The van der Waals surface area contributed by atoms with E-state index in [1.165, 1.54) is 11.1 Å². The molecule has 0 aliphatic carbocycles. The summed E-state index contributed by atoms with van der Waals surface area (Å²) < 4.78 is 13.6. The van der Waals surface area contributed by atoms with E-state index in [4.69, 9.17) is 21.1 Å². The van der Waals surface area contributed by atoms with Crippen molar-refractivity contribution in [1.29, 1.82) is 0 Å². The zero-order valence-electron chi connectivity index (χ0n) is 25.7. The maximum Gasteiger partial charge on any atom is 0.151 e. The monoisotopic (exact) mass is 620 g/mol. The number of halogens is 1. The van der Waals surface area contributed by atoms with Crippen LogP contribution in [0.15, 0.2) is 140 Å². The molecule has 46 heavy (non-hydrogen) atoms. The molecule has 2 atom stereocenters. The average Bonchev–Trinajstić information content (AvgIpc) is 3.48. The molecule has 0 saturated heterocycles. The SMILES string of the molecule is CNc1ccc2c(c1)Oc1cc(NC(c3ccccc3)(c3ccc(C)cc3)c3ccccc3Cl)ccc1C21OCc2ccccc21. The number of hydrogen-bond acceptors (Lipinski definition) is 4. The summed E-state index contributed by atoms with van der Waals surface area (Å²) in [4.78, 5) is 0. The molecule has 4 nitrogen and oxygen atoms in total. The molecule has 0 radical (unpaired) electrons. The van der Waals surface area contributed by atoms with Crippen LogP contribution in [-0.4, -0.2) is 7.05 Å². The van der Waals surface area contributed by atoms with Gasteiger partial charge in [-0.05, 0) is 59.5 Å². The first-order valence-electron chi connectivity index (χ1n) is 15.6. The third-order valence-corrected chi connectivity index (χ3v) is 9.70. The molecule has 2 heterocycles. The van der Waals surface area contributed by atoms with Crippen molar-refractivity contribution >= 4 is 23.0 Å². The zero-order valence-corrected chi connectivity index (χ0v) is 26.4. The smallest absolute Gasteiger partial charge is 0.151 e. The number of hydrogen-bond donors (Lipinski definition) is 2. The van der Waals surface area contributed by atoms with Crippen molar-refractivity contribution in [1.82, 2.24) is 0 Å². The third kappa shape index (κ3) is 4.33. The highest BCUT2D eigenvalue weighted by Crippen LogP contribution is 2.57. The molecule has 5 heteroatoms. The van der Waals surface area contributed by atoms with Gasteiger partial charge in [0.25, 0.3) is 0 Å². The van der Waals surface area contributed by atoms with E-state index < -0.39 is 11.1 Å². The van der Waals surface area contributed by atoms with Gasteiger partial charge in [0.2, 0.25) is 0 Å². The molecule has 2 N–H and O–H groups in total. The lowest BCUT2D eigenvalue weighted by Gasteiger charge is -2.40. The first kappa shape index (κ1) is 28.4. The number of rotatable bonds is 6. The Balaban J connectivity index is 1.34. The van der Waals surface area contributed by atoms with Gasteiger partial charge in [0.05, 0.1) is 6.61 Å². The molecular formula is C41H33ClN2O2. The molecule has 0 bridgehead atoms. The van der Waals surface area contributed by atoms with E-state index in [0.717, 1.165) is 56.3 Å². The normalized spacial score (nSPS) is 17.3. The van der Waals surface area contributed by atoms with Crippen LogP contribution in [0.5, 0.6) is 11.5 Å². The highest BCUT2D eigenvalue weighted by Gasteiger charge is 2.49. The first-order valence-corrected chi connectivity index (χ1v) is 15.9. The fraction of sp³-hybridized carbons (Fsp3) is 0.122. The van der Waals surface area contributed by atoms with Crippen LogP contribution in [0, 0.1) is 6.92 Å². The largest absolute Gasteiger partial charge is 0.456 e. The first-order chi connectivity index (χ1) is 22.5. The summed E-state index contributed by atoms with van der Waals surface area (Å²) >= 11 is 7.05. The number of anilines is 2. The lowest BCUT2D eigenvalue weighted by atomic mass is 9.76. The van der Waals surface area contributed by atoms with Crippen LogP contribution in [0.25, 0.3) is 0 Å². The predicted molar refractivity (Wildman–Crippen MR) is 186 cm³/mol. The van der Waals surface area contributed by atoms with Gasteiger partial charge in [0.1, 0.15) is 17.0 Å². The second-order valence-electron chi connectivity index (χ2n) is 12.0. The van der Waals surface area contributed by atoms with Gasteiger partial charge in [0, 0.05) is 52.3 Å². The van der Waals surface area contributed by atoms with Gasteiger partial charge < -0.3 is 20.1 Å². The van der Waals surface area contributed by atoms with Crippen molar-refractivity contribution in [3.63, 3.8) is 0 Å². The van der Waals surface area contributed by atoms with Crippen molar-refractivity contribution < 1.29 is 9.47 Å². The summed E-state index contributed by atoms with van der Waals surface area (Å²) in [6.45, 7) is 2.63. The van der Waals surface area contributed by atoms with Gasteiger partial charge >= 0.3 is 0 Å². The molecule has 6 aromatic rings. The minimum atomic E-state index is -0.804. The third-order valence-electron chi connectivity index (χ3n) is 9.37. The van der Waals surface area contributed by atoms with E-state index in [1.807, 2.05) is 31.3 Å². The van der Waals surface area contributed by atoms with Gasteiger partial charge in [-0.2, -0.15) is 0 Å². The van der Waals surface area contributed by atoms with E-state index in [2.05, 4.69) is 133 Å². The average molecular weight is 621 g/mol. The van der Waals surface area contributed by atoms with Crippen LogP contribution in [0.4, 0.5) is 11.4 Å². The fourth-order valence-electron chi connectivity index (χ4n) is 7.15. The van der Waals surface area contributed by atoms with E-state index in [0.29, 0.717) is 11.6 Å². The van der Waals surface area contributed by atoms with Crippen LogP contribution in [0.1, 0.15) is 44.5 Å². The number of ether oxygens (including phenoxy) is 2. The molecule has 0 amide bonds. The molecule has 6 aromatic carbocycles. The van der Waals surface area contributed by atoms with Gasteiger partial charge in [-0.15, -0.1) is 0 Å². The molecule has 2 aliphatic rings. The summed E-state index contributed by atoms with van der Waals surface area (Å²) in [5.41, 5.74) is 8.87. The quantitative estimate of drug-likeness (QED) is 0.182. The fourth-order valence-corrected chi connectivity index (χ4v) is 7.43. The van der Waals surface area contributed by atoms with E-state index in [-0.39, 0.29) is 0 Å². The standard InChI is InChI=1S/C41H33ClN2O2/c1-27-16-18-30(19-17-27)40(29-11-4-3-5-12-29,34-14-8-9-15-37(34)42)44-32-21-23-36-39(25-32)46-38-24-31(43-2)20-22-35(38)41(36)33-13-7-6-10-28(33)26-45-41/h3-25,43-44H,26H2,1-2H3. The predicted octanol–water partition coefficient (Wildman–Crippen LogP) is 10.0. The summed E-state index contributed by atoms with van der Waals surface area (Å²) in [5, 5.41) is 7.92. The van der Waals surface area contributed by atoms with Crippen LogP contribution >= 0.6 is 11.6 Å². The molecule has 0 aromatic heterocycles. The van der Waals surface area contributed by atoms with Gasteiger partial charge in [-0.1, -0.05) is 114 Å². The maximum absolute atomic E-state index is 7.05. The van der Waals surface area contributed by atoms with Gasteiger partial charge in [-0.3, -0.25) is 0 Å². The maximum atomic E-state index is 7.05. The van der Waals surface area contributed by atoms with Crippen molar-refractivity contribution in [2.45, 2.75) is 24.7 Å². The van der Waals surface area contributed by atoms with E-state index in [9.17, 15) is 0 Å². The van der Waals surface area contributed by atoms with Gasteiger partial charge in [-0.25, -0.2) is 0 Å². The molecule has 2 aliphatic heterocycles.